The zero-order chi connectivity index (χ0) is 21.7. The summed E-state index contributed by atoms with van der Waals surface area (Å²) in [7, 11) is 0. The molecule has 3 aromatic rings. The van der Waals surface area contributed by atoms with Gasteiger partial charge in [-0.05, 0) is 32.2 Å². The Labute approximate surface area is 186 Å². The van der Waals surface area contributed by atoms with E-state index in [0.29, 0.717) is 27.9 Å². The highest BCUT2D eigenvalue weighted by atomic mass is 32.2. The van der Waals surface area contributed by atoms with E-state index in [9.17, 15) is 9.59 Å². The lowest BCUT2D eigenvalue weighted by Gasteiger charge is -2.09. The Morgan fingerprint density at radius 1 is 1.17 bits per heavy atom. The molecule has 11 heteroatoms. The first kappa shape index (κ1) is 22.3. The summed E-state index contributed by atoms with van der Waals surface area (Å²) in [6, 6.07) is 3.96. The number of nitrogens with two attached hydrogens (primary N) is 1. The molecule has 0 aliphatic heterocycles. The Hall–Kier alpha value is -2.37. The second kappa shape index (κ2) is 10.1. The van der Waals surface area contributed by atoms with Crippen molar-refractivity contribution in [3.05, 3.63) is 33.5 Å². The second-order valence-corrected chi connectivity index (χ2v) is 8.85. The van der Waals surface area contributed by atoms with E-state index in [-0.39, 0.29) is 23.8 Å². The minimum Gasteiger partial charge on any atom is -0.462 e. The van der Waals surface area contributed by atoms with Crippen LogP contribution in [0.1, 0.15) is 46.4 Å². The van der Waals surface area contributed by atoms with Crippen LogP contribution < -0.4 is 5.73 Å². The summed E-state index contributed by atoms with van der Waals surface area (Å²) in [5, 5.41) is 11.5. The Balaban J connectivity index is 1.94. The van der Waals surface area contributed by atoms with E-state index in [0.717, 1.165) is 22.0 Å². The fourth-order valence-corrected chi connectivity index (χ4v) is 5.63. The summed E-state index contributed by atoms with van der Waals surface area (Å²) in [4.78, 5) is 26.3. The van der Waals surface area contributed by atoms with Crippen LogP contribution in [0.4, 0.5) is 5.00 Å². The molecule has 2 N–H and O–H groups in total. The van der Waals surface area contributed by atoms with Gasteiger partial charge in [0.05, 0.1) is 23.7 Å². The molecule has 8 nitrogen and oxygen atoms in total. The third kappa shape index (κ3) is 4.52. The number of nitrogen functional groups attached to an aromatic ring is 1. The first-order valence-corrected chi connectivity index (χ1v) is 12.0. The molecular weight excluding hydrogens is 444 g/mol. The minimum atomic E-state index is -0.548. The molecule has 0 fully saturated rings. The van der Waals surface area contributed by atoms with Crippen LogP contribution in [-0.2, 0) is 21.8 Å². The maximum Gasteiger partial charge on any atom is 0.348 e. The number of nitrogens with zero attached hydrogens (tertiary/aromatic N) is 3. The summed E-state index contributed by atoms with van der Waals surface area (Å²) < 4.78 is 12.3. The molecule has 0 saturated carbocycles. The lowest BCUT2D eigenvalue weighted by atomic mass is 10.1. The molecule has 0 atom stereocenters. The van der Waals surface area contributed by atoms with Crippen molar-refractivity contribution >= 4 is 51.4 Å². The van der Waals surface area contributed by atoms with E-state index in [1.807, 2.05) is 29.0 Å². The standard InChI is InChI=1S/C19H22N4O4S3/c1-4-23-16(12-8-7-9-28-12)21-22-19(23)29-10-11-13(17(24)26-5-2)15(20)30-14(11)18(25)27-6-3/h7-9H,4-6,10,20H2,1-3H3. The van der Waals surface area contributed by atoms with Crippen molar-refractivity contribution in [3.63, 3.8) is 0 Å². The van der Waals surface area contributed by atoms with Crippen LogP contribution in [0.15, 0.2) is 22.7 Å². The Bertz CT molecular complexity index is 1030. The van der Waals surface area contributed by atoms with Crippen molar-refractivity contribution in [2.24, 2.45) is 0 Å². The molecule has 3 heterocycles. The summed E-state index contributed by atoms with van der Waals surface area (Å²) in [5.74, 6) is 0.0414. The normalized spacial score (nSPS) is 10.9. The van der Waals surface area contributed by atoms with Gasteiger partial charge in [0.1, 0.15) is 9.88 Å². The predicted molar refractivity (Wildman–Crippen MR) is 119 cm³/mol. The van der Waals surface area contributed by atoms with E-state index in [1.54, 1.807) is 25.2 Å². The number of carbonyl (C=O) groups is 2. The van der Waals surface area contributed by atoms with Crippen molar-refractivity contribution in [2.45, 2.75) is 38.2 Å². The molecule has 0 unspecified atom stereocenters. The molecule has 160 valence electrons. The predicted octanol–water partition coefficient (Wildman–Crippen LogP) is 4.32. The number of hydrogen-bond donors (Lipinski definition) is 1. The first-order valence-electron chi connectivity index (χ1n) is 9.36. The van der Waals surface area contributed by atoms with Crippen molar-refractivity contribution in [3.8, 4) is 10.7 Å². The molecule has 3 rings (SSSR count). The number of ether oxygens (including phenoxy) is 2. The van der Waals surface area contributed by atoms with Crippen LogP contribution in [0.3, 0.4) is 0 Å². The third-order valence-electron chi connectivity index (χ3n) is 4.09. The molecule has 0 saturated heterocycles. The molecule has 30 heavy (non-hydrogen) atoms. The number of esters is 2. The third-order valence-corrected chi connectivity index (χ3v) is 7.00. The maximum absolute atomic E-state index is 12.5. The molecule has 0 bridgehead atoms. The van der Waals surface area contributed by atoms with Crippen LogP contribution in [0.25, 0.3) is 10.7 Å². The number of thioether (sulfide) groups is 1. The molecule has 0 radical (unpaired) electrons. The molecule has 0 aromatic carbocycles. The number of hydrogen-bond acceptors (Lipinski definition) is 10. The van der Waals surface area contributed by atoms with Gasteiger partial charge in [-0.3, -0.25) is 0 Å². The van der Waals surface area contributed by atoms with Crippen molar-refractivity contribution in [1.29, 1.82) is 0 Å². The van der Waals surface area contributed by atoms with Gasteiger partial charge in [0, 0.05) is 17.9 Å². The Kier molecular flexibility index (Phi) is 7.51. The fraction of sp³-hybridized carbons (Fsp3) is 0.368. The second-order valence-electron chi connectivity index (χ2n) is 5.91. The average Bonchev–Trinajstić information content (AvgIpc) is 3.44. The van der Waals surface area contributed by atoms with Crippen molar-refractivity contribution in [2.75, 3.05) is 18.9 Å². The fourth-order valence-electron chi connectivity index (χ4n) is 2.82. The monoisotopic (exact) mass is 466 g/mol. The van der Waals surface area contributed by atoms with Crippen LogP contribution in [-0.4, -0.2) is 39.9 Å². The zero-order valence-electron chi connectivity index (χ0n) is 16.8. The van der Waals surface area contributed by atoms with Gasteiger partial charge in [0.2, 0.25) is 0 Å². The van der Waals surface area contributed by atoms with Gasteiger partial charge >= 0.3 is 11.9 Å². The quantitative estimate of drug-likeness (QED) is 0.367. The largest absolute Gasteiger partial charge is 0.462 e. The smallest absolute Gasteiger partial charge is 0.348 e. The van der Waals surface area contributed by atoms with Crippen LogP contribution in [0.2, 0.25) is 0 Å². The first-order chi connectivity index (χ1) is 14.5. The highest BCUT2D eigenvalue weighted by Crippen LogP contribution is 2.37. The highest BCUT2D eigenvalue weighted by Gasteiger charge is 2.28. The Morgan fingerprint density at radius 3 is 2.53 bits per heavy atom. The molecule has 3 aromatic heterocycles. The van der Waals surface area contributed by atoms with E-state index in [1.165, 1.54) is 11.8 Å². The Morgan fingerprint density at radius 2 is 1.90 bits per heavy atom. The van der Waals surface area contributed by atoms with E-state index < -0.39 is 11.9 Å². The van der Waals surface area contributed by atoms with Gasteiger partial charge in [-0.2, -0.15) is 0 Å². The number of carbonyl (C=O) groups excluding carboxylic acids is 2. The van der Waals surface area contributed by atoms with Crippen LogP contribution in [0.5, 0.6) is 0 Å². The molecule has 0 aliphatic carbocycles. The summed E-state index contributed by atoms with van der Waals surface area (Å²) in [6.45, 7) is 6.59. The van der Waals surface area contributed by atoms with Crippen molar-refractivity contribution in [1.82, 2.24) is 14.8 Å². The maximum atomic E-state index is 12.5. The lowest BCUT2D eigenvalue weighted by Crippen LogP contribution is -2.11. The van der Waals surface area contributed by atoms with Gasteiger partial charge in [0.25, 0.3) is 0 Å². The highest BCUT2D eigenvalue weighted by molar-refractivity contribution is 7.98. The van der Waals surface area contributed by atoms with Crippen LogP contribution in [0, 0.1) is 0 Å². The van der Waals surface area contributed by atoms with Gasteiger partial charge in [-0.1, -0.05) is 17.8 Å². The van der Waals surface area contributed by atoms with Gasteiger partial charge in [-0.15, -0.1) is 32.9 Å². The SMILES string of the molecule is CCOC(=O)c1sc(N)c(C(=O)OCC)c1CSc1nnc(-c2cccs2)n1CC. The van der Waals surface area contributed by atoms with E-state index >= 15 is 0 Å². The topological polar surface area (TPSA) is 109 Å². The molecule has 0 spiro atoms. The zero-order valence-corrected chi connectivity index (χ0v) is 19.3. The number of rotatable bonds is 9. The van der Waals surface area contributed by atoms with E-state index in [2.05, 4.69) is 10.2 Å². The minimum absolute atomic E-state index is 0.212. The summed E-state index contributed by atoms with van der Waals surface area (Å²) in [5.41, 5.74) is 6.79. The lowest BCUT2D eigenvalue weighted by molar-refractivity contribution is 0.0527. The van der Waals surface area contributed by atoms with E-state index in [4.69, 9.17) is 15.2 Å². The number of anilines is 1. The van der Waals surface area contributed by atoms with Gasteiger partial charge in [-0.25, -0.2) is 9.59 Å². The molecule has 0 amide bonds. The average molecular weight is 467 g/mol. The molecule has 0 aliphatic rings. The number of thiophene rings is 2. The van der Waals surface area contributed by atoms with Crippen molar-refractivity contribution < 1.29 is 19.1 Å². The van der Waals surface area contributed by atoms with Crippen LogP contribution >= 0.6 is 34.4 Å². The summed E-state index contributed by atoms with van der Waals surface area (Å²) >= 11 is 4.01. The van der Waals surface area contributed by atoms with Gasteiger partial charge < -0.3 is 19.8 Å². The molecular formula is C19H22N4O4S3. The number of aromatic nitrogens is 3. The summed E-state index contributed by atoms with van der Waals surface area (Å²) in [6.07, 6.45) is 0. The van der Waals surface area contributed by atoms with Gasteiger partial charge in [0.15, 0.2) is 11.0 Å².